The molecule has 0 aliphatic heterocycles. The topological polar surface area (TPSA) is 99.4 Å². The number of rotatable bonds is 10. The van der Waals surface area contributed by atoms with E-state index in [2.05, 4.69) is 10.1 Å². The van der Waals surface area contributed by atoms with Crippen molar-refractivity contribution in [3.63, 3.8) is 0 Å². The normalized spacial score (nSPS) is 16.5. The van der Waals surface area contributed by atoms with Gasteiger partial charge in [0, 0.05) is 5.92 Å². The van der Waals surface area contributed by atoms with Crippen molar-refractivity contribution >= 4 is 15.8 Å². The van der Waals surface area contributed by atoms with Gasteiger partial charge in [-0.1, -0.05) is 68.3 Å². The average molecular weight is 477 g/mol. The summed E-state index contributed by atoms with van der Waals surface area (Å²) in [4.78, 5) is 17.1. The van der Waals surface area contributed by atoms with Gasteiger partial charge in [0.05, 0.1) is 11.3 Å². The Morgan fingerprint density at radius 1 is 1.15 bits per heavy atom. The number of ether oxygens (including phenoxy) is 1. The number of benzene rings is 1. The van der Waals surface area contributed by atoms with Gasteiger partial charge in [-0.2, -0.15) is 4.98 Å². The second kappa shape index (κ2) is 11.3. The Morgan fingerprint density at radius 2 is 1.85 bits per heavy atom. The zero-order valence-corrected chi connectivity index (χ0v) is 20.8. The molecule has 0 N–H and O–H groups in total. The highest BCUT2D eigenvalue weighted by atomic mass is 32.2. The minimum absolute atomic E-state index is 0.107. The van der Waals surface area contributed by atoms with Crippen LogP contribution in [0, 0.1) is 5.92 Å². The van der Waals surface area contributed by atoms with Crippen molar-refractivity contribution in [3.8, 4) is 0 Å². The lowest BCUT2D eigenvalue weighted by Crippen LogP contribution is -2.25. The molecule has 0 amide bonds. The summed E-state index contributed by atoms with van der Waals surface area (Å²) in [7, 11) is -3.58. The lowest BCUT2D eigenvalue weighted by Gasteiger charge is -2.23. The third-order valence-corrected chi connectivity index (χ3v) is 7.61. The molecule has 1 aromatic heterocycles. The molecule has 33 heavy (non-hydrogen) atoms. The molecule has 3 rings (SSSR count). The van der Waals surface area contributed by atoms with E-state index in [1.807, 2.05) is 20.8 Å². The summed E-state index contributed by atoms with van der Waals surface area (Å²) in [6.45, 7) is 5.51. The molecule has 1 heterocycles. The van der Waals surface area contributed by atoms with Crippen molar-refractivity contribution in [2.75, 3.05) is 0 Å². The predicted octanol–water partition coefficient (Wildman–Crippen LogP) is 5.61. The average Bonchev–Trinajstić information content (AvgIpc) is 3.21. The molecule has 8 heteroatoms. The molecule has 0 unspecified atom stereocenters. The smallest absolute Gasteiger partial charge is 0.307 e. The summed E-state index contributed by atoms with van der Waals surface area (Å²) < 4.78 is 36.3. The maximum atomic E-state index is 12.7. The Balaban J connectivity index is 1.68. The fourth-order valence-corrected chi connectivity index (χ4v) is 5.59. The van der Waals surface area contributed by atoms with Crippen molar-refractivity contribution in [2.45, 2.75) is 101 Å². The highest BCUT2D eigenvalue weighted by Gasteiger charge is 2.27. The third-order valence-electron chi connectivity index (χ3n) is 5.98. The maximum absolute atomic E-state index is 12.7. The molecule has 1 atom stereocenters. The van der Waals surface area contributed by atoms with Gasteiger partial charge in [0.2, 0.25) is 5.89 Å². The van der Waals surface area contributed by atoms with Crippen molar-refractivity contribution in [1.82, 2.24) is 10.1 Å². The first kappa shape index (κ1) is 25.4. The highest BCUT2D eigenvalue weighted by molar-refractivity contribution is 7.90. The van der Waals surface area contributed by atoms with Crippen molar-refractivity contribution in [1.29, 1.82) is 0 Å². The minimum atomic E-state index is -3.58. The van der Waals surface area contributed by atoms with Crippen molar-refractivity contribution in [3.05, 3.63) is 42.0 Å². The van der Waals surface area contributed by atoms with Gasteiger partial charge in [-0.25, -0.2) is 8.42 Å². The quantitative estimate of drug-likeness (QED) is 0.411. The first-order valence-corrected chi connectivity index (χ1v) is 13.6. The fourth-order valence-electron chi connectivity index (χ4n) is 4.40. The highest BCUT2D eigenvalue weighted by Crippen LogP contribution is 2.31. The second-order valence-electron chi connectivity index (χ2n) is 10.0. The number of hydrogen-bond donors (Lipinski definition) is 0. The van der Waals surface area contributed by atoms with Crippen LogP contribution in [-0.4, -0.2) is 30.1 Å². The maximum Gasteiger partial charge on any atom is 0.307 e. The molecule has 7 nitrogen and oxygen atoms in total. The van der Waals surface area contributed by atoms with E-state index >= 15 is 0 Å². The zero-order chi connectivity index (χ0) is 23.9. The van der Waals surface area contributed by atoms with E-state index in [0.29, 0.717) is 5.89 Å². The van der Waals surface area contributed by atoms with Crippen LogP contribution >= 0.6 is 0 Å². The van der Waals surface area contributed by atoms with Crippen LogP contribution in [0.25, 0.3) is 0 Å². The summed E-state index contributed by atoms with van der Waals surface area (Å²) in [6, 6.07) is 8.22. The van der Waals surface area contributed by atoms with Crippen LogP contribution in [0.2, 0.25) is 0 Å². The monoisotopic (exact) mass is 476 g/mol. The molecule has 182 valence electrons. The van der Waals surface area contributed by atoms with Gasteiger partial charge >= 0.3 is 5.97 Å². The van der Waals surface area contributed by atoms with Crippen LogP contribution in [0.4, 0.5) is 0 Å². The van der Waals surface area contributed by atoms with Crippen LogP contribution in [0.5, 0.6) is 0 Å². The van der Waals surface area contributed by atoms with Gasteiger partial charge in [-0.3, -0.25) is 4.79 Å². The van der Waals surface area contributed by atoms with E-state index in [0.717, 1.165) is 25.2 Å². The Hall–Kier alpha value is -2.22. The zero-order valence-electron chi connectivity index (χ0n) is 20.0. The number of sulfone groups is 1. The van der Waals surface area contributed by atoms with Gasteiger partial charge in [0.25, 0.3) is 0 Å². The SMILES string of the molecule is CC(C)(C)OC(=O)C[C@@H](CCCC1CCCCC1)c1nc(CS(=O)(=O)c2ccccc2)no1. The number of carbonyl (C=O) groups is 1. The van der Waals surface area contributed by atoms with Crippen LogP contribution in [0.1, 0.15) is 96.2 Å². The Labute approximate surface area is 197 Å². The summed E-state index contributed by atoms with van der Waals surface area (Å²) >= 11 is 0. The van der Waals surface area contributed by atoms with E-state index in [1.165, 1.54) is 32.1 Å². The van der Waals surface area contributed by atoms with Crippen LogP contribution in [0.3, 0.4) is 0 Å². The number of esters is 1. The summed E-state index contributed by atoms with van der Waals surface area (Å²) in [5.41, 5.74) is -0.576. The molecular weight excluding hydrogens is 440 g/mol. The van der Waals surface area contributed by atoms with Gasteiger partial charge in [0.15, 0.2) is 15.7 Å². The van der Waals surface area contributed by atoms with Gasteiger partial charge in [-0.15, -0.1) is 0 Å². The van der Waals surface area contributed by atoms with Crippen LogP contribution in [-0.2, 0) is 25.1 Å². The van der Waals surface area contributed by atoms with Gasteiger partial charge in [0.1, 0.15) is 11.4 Å². The molecule has 0 bridgehead atoms. The van der Waals surface area contributed by atoms with E-state index in [-0.39, 0.29) is 34.8 Å². The number of carbonyl (C=O) groups excluding carboxylic acids is 1. The largest absolute Gasteiger partial charge is 0.460 e. The predicted molar refractivity (Wildman–Crippen MR) is 125 cm³/mol. The van der Waals surface area contributed by atoms with Gasteiger partial charge < -0.3 is 9.26 Å². The van der Waals surface area contributed by atoms with E-state index in [9.17, 15) is 13.2 Å². The van der Waals surface area contributed by atoms with Crippen molar-refractivity contribution in [2.24, 2.45) is 5.92 Å². The minimum Gasteiger partial charge on any atom is -0.460 e. The molecule has 2 aromatic rings. The van der Waals surface area contributed by atoms with Crippen LogP contribution < -0.4 is 0 Å². The molecule has 1 aromatic carbocycles. The van der Waals surface area contributed by atoms with Crippen LogP contribution in [0.15, 0.2) is 39.8 Å². The second-order valence-corrected chi connectivity index (χ2v) is 12.0. The van der Waals surface area contributed by atoms with Crippen molar-refractivity contribution < 1.29 is 22.5 Å². The number of hydrogen-bond acceptors (Lipinski definition) is 7. The number of nitrogens with zero attached hydrogens (tertiary/aromatic N) is 2. The summed E-state index contributed by atoms with van der Waals surface area (Å²) in [5.74, 6) is 0.209. The Kier molecular flexibility index (Phi) is 8.68. The first-order chi connectivity index (χ1) is 15.6. The van der Waals surface area contributed by atoms with E-state index in [4.69, 9.17) is 9.26 Å². The van der Waals surface area contributed by atoms with E-state index < -0.39 is 15.4 Å². The standard InChI is InChI=1S/C25H36N2O5S/c1-25(2,3)31-23(28)17-20(14-10-13-19-11-6-4-7-12-19)24-26-22(27-32-24)18-33(29,30)21-15-8-5-9-16-21/h5,8-9,15-16,19-20H,4,6-7,10-14,17-18H2,1-3H3/t20-/m1/s1. The lowest BCUT2D eigenvalue weighted by atomic mass is 9.84. The van der Waals surface area contributed by atoms with E-state index in [1.54, 1.807) is 30.3 Å². The molecule has 1 aliphatic carbocycles. The molecule has 0 saturated heterocycles. The summed E-state index contributed by atoms with van der Waals surface area (Å²) in [6.07, 6.45) is 9.42. The lowest BCUT2D eigenvalue weighted by molar-refractivity contribution is -0.155. The Bertz CT molecular complexity index is 989. The third kappa shape index (κ3) is 8.25. The molecule has 0 radical (unpaired) electrons. The van der Waals surface area contributed by atoms with Gasteiger partial charge in [-0.05, 0) is 45.2 Å². The molecule has 1 fully saturated rings. The fraction of sp³-hybridized carbons (Fsp3) is 0.640. The molecular formula is C25H36N2O5S. The molecule has 1 saturated carbocycles. The summed E-state index contributed by atoms with van der Waals surface area (Å²) in [5, 5.41) is 3.91. The number of aromatic nitrogens is 2. The first-order valence-electron chi connectivity index (χ1n) is 11.9. The Morgan fingerprint density at radius 3 is 2.52 bits per heavy atom. The molecule has 0 spiro atoms. The molecule has 1 aliphatic rings.